The quantitative estimate of drug-likeness (QED) is 0.770. The first-order valence-corrected chi connectivity index (χ1v) is 11.0. The van der Waals surface area contributed by atoms with Crippen molar-refractivity contribution in [3.8, 4) is 11.5 Å². The Balaban J connectivity index is 1.33. The molecule has 156 valence electrons. The molecule has 29 heavy (non-hydrogen) atoms. The van der Waals surface area contributed by atoms with Crippen LogP contribution in [0.3, 0.4) is 0 Å². The number of aliphatic hydroxyl groups excluding tert-OH is 1. The van der Waals surface area contributed by atoms with Crippen LogP contribution in [0.25, 0.3) is 0 Å². The Morgan fingerprint density at radius 1 is 1.21 bits per heavy atom. The van der Waals surface area contributed by atoms with E-state index in [1.807, 2.05) is 6.08 Å². The van der Waals surface area contributed by atoms with Crippen LogP contribution in [0.5, 0.6) is 11.5 Å². The molecule has 5 aliphatic rings. The summed E-state index contributed by atoms with van der Waals surface area (Å²) in [5.74, 6) is 2.13. The summed E-state index contributed by atoms with van der Waals surface area (Å²) in [4.78, 5) is 4.87. The number of benzene rings is 1. The lowest BCUT2D eigenvalue weighted by atomic mass is 9.53. The number of morpholine rings is 1. The van der Waals surface area contributed by atoms with Gasteiger partial charge in [0.1, 0.15) is 18.8 Å². The molecule has 0 radical (unpaired) electrons. The van der Waals surface area contributed by atoms with Crippen molar-refractivity contribution in [1.82, 2.24) is 9.80 Å². The standard InChI is InChI=1S/C23H30N2O4/c1-24-7-6-23-16-3-4-18(26)22(23)29-21-19(5-2-15(20(21)23)14-17(16)24)28-13-10-25-8-11-27-12-9-25/h2-5,16-18,22,26H,6-14H2,1H3/t16?,17-,18?,22?,23+/m1/s1. The van der Waals surface area contributed by atoms with Gasteiger partial charge in [-0.25, -0.2) is 0 Å². The number of ether oxygens (including phenoxy) is 3. The molecule has 0 aromatic heterocycles. The summed E-state index contributed by atoms with van der Waals surface area (Å²) < 4.78 is 18.2. The summed E-state index contributed by atoms with van der Waals surface area (Å²) >= 11 is 0. The third-order valence-electron chi connectivity index (χ3n) is 7.90. The van der Waals surface area contributed by atoms with Crippen molar-refractivity contribution in [2.75, 3.05) is 53.0 Å². The first kappa shape index (κ1) is 18.2. The average molecular weight is 399 g/mol. The van der Waals surface area contributed by atoms with E-state index >= 15 is 0 Å². The fourth-order valence-corrected chi connectivity index (χ4v) is 6.45. The van der Waals surface area contributed by atoms with Crippen molar-refractivity contribution >= 4 is 0 Å². The molecule has 2 bridgehead atoms. The summed E-state index contributed by atoms with van der Waals surface area (Å²) in [7, 11) is 2.23. The fraction of sp³-hybridized carbons (Fsp3) is 0.652. The summed E-state index contributed by atoms with van der Waals surface area (Å²) in [6.45, 7) is 6.13. The van der Waals surface area contributed by atoms with Gasteiger partial charge in [-0.15, -0.1) is 0 Å². The SMILES string of the molecule is CN1CC[C@]23c4c5ccc(OCCN6CCOCC6)c4OC2C(O)C=CC3[C@H]1C5. The van der Waals surface area contributed by atoms with Crippen LogP contribution in [-0.4, -0.2) is 86.2 Å². The van der Waals surface area contributed by atoms with Crippen molar-refractivity contribution < 1.29 is 19.3 Å². The molecule has 0 saturated carbocycles. The van der Waals surface area contributed by atoms with Gasteiger partial charge in [0.15, 0.2) is 11.5 Å². The molecule has 6 nitrogen and oxygen atoms in total. The Morgan fingerprint density at radius 3 is 2.93 bits per heavy atom. The van der Waals surface area contributed by atoms with Crippen LogP contribution in [0, 0.1) is 5.92 Å². The molecule has 3 aliphatic heterocycles. The van der Waals surface area contributed by atoms with E-state index in [9.17, 15) is 5.11 Å². The number of rotatable bonds is 4. The van der Waals surface area contributed by atoms with E-state index in [1.54, 1.807) is 0 Å². The third-order valence-corrected chi connectivity index (χ3v) is 7.90. The van der Waals surface area contributed by atoms with Crippen molar-refractivity contribution in [1.29, 1.82) is 0 Å². The average Bonchev–Trinajstić information content (AvgIpc) is 3.09. The topological polar surface area (TPSA) is 54.4 Å². The minimum Gasteiger partial charge on any atom is -0.488 e. The molecule has 3 heterocycles. The summed E-state index contributed by atoms with van der Waals surface area (Å²) in [5, 5.41) is 10.8. The van der Waals surface area contributed by atoms with Gasteiger partial charge in [-0.2, -0.15) is 0 Å². The number of aliphatic hydroxyl groups is 1. The smallest absolute Gasteiger partial charge is 0.165 e. The molecule has 1 N–H and O–H groups in total. The van der Waals surface area contributed by atoms with E-state index in [-0.39, 0.29) is 11.5 Å². The van der Waals surface area contributed by atoms with Gasteiger partial charge in [0.05, 0.1) is 13.2 Å². The Bertz CT molecular complexity index is 836. The van der Waals surface area contributed by atoms with Gasteiger partial charge in [-0.1, -0.05) is 18.2 Å². The second-order valence-electron chi connectivity index (χ2n) is 9.21. The molecule has 2 aliphatic carbocycles. The lowest BCUT2D eigenvalue weighted by molar-refractivity contribution is -0.0454. The zero-order valence-electron chi connectivity index (χ0n) is 17.0. The number of nitrogens with zero attached hydrogens (tertiary/aromatic N) is 2. The van der Waals surface area contributed by atoms with Crippen LogP contribution in [0.1, 0.15) is 17.5 Å². The highest BCUT2D eigenvalue weighted by Crippen LogP contribution is 2.62. The van der Waals surface area contributed by atoms with E-state index in [0.29, 0.717) is 18.6 Å². The van der Waals surface area contributed by atoms with E-state index in [4.69, 9.17) is 14.2 Å². The zero-order chi connectivity index (χ0) is 19.6. The normalized spacial score (nSPS) is 37.9. The molecule has 1 aromatic carbocycles. The molecule has 6 heteroatoms. The maximum Gasteiger partial charge on any atom is 0.165 e. The number of hydrogen-bond acceptors (Lipinski definition) is 6. The molecular formula is C23H30N2O4. The summed E-state index contributed by atoms with van der Waals surface area (Å²) in [6.07, 6.45) is 5.51. The molecule has 1 spiro atoms. The molecule has 3 unspecified atom stereocenters. The molecular weight excluding hydrogens is 368 g/mol. The number of hydrogen-bond donors (Lipinski definition) is 1. The highest BCUT2D eigenvalue weighted by Gasteiger charge is 2.64. The molecule has 5 atom stereocenters. The van der Waals surface area contributed by atoms with Gasteiger partial charge in [0.2, 0.25) is 0 Å². The first-order chi connectivity index (χ1) is 14.2. The van der Waals surface area contributed by atoms with Gasteiger partial charge < -0.3 is 24.2 Å². The van der Waals surface area contributed by atoms with Gasteiger partial charge in [-0.3, -0.25) is 4.90 Å². The fourth-order valence-electron chi connectivity index (χ4n) is 6.45. The third kappa shape index (κ3) is 2.56. The van der Waals surface area contributed by atoms with Gasteiger partial charge >= 0.3 is 0 Å². The van der Waals surface area contributed by atoms with Crippen molar-refractivity contribution in [2.45, 2.75) is 36.5 Å². The van der Waals surface area contributed by atoms with Crippen molar-refractivity contribution in [3.63, 3.8) is 0 Å². The predicted octanol–water partition coefficient (Wildman–Crippen LogP) is 1.20. The molecule has 1 aromatic rings. The van der Waals surface area contributed by atoms with Crippen molar-refractivity contribution in [2.24, 2.45) is 5.92 Å². The van der Waals surface area contributed by atoms with E-state index in [2.05, 4.69) is 35.1 Å². The highest BCUT2D eigenvalue weighted by atomic mass is 16.5. The molecule has 2 saturated heterocycles. The molecule has 0 amide bonds. The lowest BCUT2D eigenvalue weighted by Gasteiger charge is -2.56. The van der Waals surface area contributed by atoms with Gasteiger partial charge in [0.25, 0.3) is 0 Å². The number of piperidine rings is 1. The van der Waals surface area contributed by atoms with Crippen LogP contribution in [0.15, 0.2) is 24.3 Å². The highest BCUT2D eigenvalue weighted by molar-refractivity contribution is 5.62. The molecule has 2 fully saturated rings. The van der Waals surface area contributed by atoms with E-state index in [1.165, 1.54) is 11.1 Å². The number of likely N-dealkylation sites (tertiary alicyclic amines) is 1. The summed E-state index contributed by atoms with van der Waals surface area (Å²) in [6, 6.07) is 4.80. The van der Waals surface area contributed by atoms with E-state index < -0.39 is 6.10 Å². The van der Waals surface area contributed by atoms with Crippen LogP contribution in [0.4, 0.5) is 0 Å². The Kier molecular flexibility index (Phi) is 4.21. The second-order valence-corrected chi connectivity index (χ2v) is 9.21. The number of likely N-dealkylation sites (N-methyl/N-ethyl adjacent to an activating group) is 1. The van der Waals surface area contributed by atoms with Crippen LogP contribution in [0.2, 0.25) is 0 Å². The van der Waals surface area contributed by atoms with E-state index in [0.717, 1.165) is 63.7 Å². The zero-order valence-corrected chi connectivity index (χ0v) is 17.0. The Hall–Kier alpha value is -1.60. The van der Waals surface area contributed by atoms with Crippen LogP contribution in [-0.2, 0) is 16.6 Å². The minimum absolute atomic E-state index is 0.113. The Morgan fingerprint density at radius 2 is 2.07 bits per heavy atom. The van der Waals surface area contributed by atoms with Gasteiger partial charge in [0, 0.05) is 42.6 Å². The monoisotopic (exact) mass is 398 g/mol. The van der Waals surface area contributed by atoms with Crippen LogP contribution < -0.4 is 9.47 Å². The maximum absolute atomic E-state index is 10.8. The lowest BCUT2D eigenvalue weighted by Crippen LogP contribution is -2.64. The first-order valence-electron chi connectivity index (χ1n) is 11.0. The summed E-state index contributed by atoms with van der Waals surface area (Å²) in [5.41, 5.74) is 2.58. The largest absolute Gasteiger partial charge is 0.488 e. The maximum atomic E-state index is 10.8. The molecule has 6 rings (SSSR count). The Labute approximate surface area is 172 Å². The minimum atomic E-state index is -0.560. The van der Waals surface area contributed by atoms with Crippen LogP contribution >= 0.6 is 0 Å². The van der Waals surface area contributed by atoms with Gasteiger partial charge in [-0.05, 0) is 38.1 Å². The second kappa shape index (κ2) is 6.71. The van der Waals surface area contributed by atoms with Crippen molar-refractivity contribution in [3.05, 3.63) is 35.4 Å². The predicted molar refractivity (Wildman–Crippen MR) is 109 cm³/mol.